The topological polar surface area (TPSA) is 77.8 Å². The van der Waals surface area contributed by atoms with Gasteiger partial charge in [-0.25, -0.2) is 4.79 Å². The third-order valence-corrected chi connectivity index (χ3v) is 5.00. The number of hydrogen-bond acceptors (Lipinski definition) is 5. The highest BCUT2D eigenvalue weighted by molar-refractivity contribution is 6.20. The quantitative estimate of drug-likeness (QED) is 0.786. The van der Waals surface area contributed by atoms with Gasteiger partial charge in [-0.05, 0) is 37.1 Å². The first-order chi connectivity index (χ1) is 12.6. The Hall–Kier alpha value is -2.93. The van der Waals surface area contributed by atoms with Gasteiger partial charge in [0.05, 0.1) is 23.1 Å². The molecule has 0 unspecified atom stereocenters. The maximum atomic E-state index is 12.6. The molecule has 134 valence electrons. The largest absolute Gasteiger partial charge is 0.381 e. The average Bonchev–Trinajstić information content (AvgIpc) is 3.28. The Morgan fingerprint density at radius 3 is 2.15 bits per heavy atom. The first-order valence-corrected chi connectivity index (χ1v) is 8.51. The number of benzene rings is 1. The highest BCUT2D eigenvalue weighted by Gasteiger charge is 2.41. The molecule has 2 aromatic rings. The van der Waals surface area contributed by atoms with E-state index in [1.54, 1.807) is 24.3 Å². The second kappa shape index (κ2) is 6.42. The summed E-state index contributed by atoms with van der Waals surface area (Å²) in [5.74, 6) is -1.84. The predicted octanol–water partition coefficient (Wildman–Crippen LogP) is 2.14. The smallest absolute Gasteiger partial charge is 0.335 e. The number of hydrogen-bond donors (Lipinski definition) is 0. The first-order valence-electron chi connectivity index (χ1n) is 8.51. The van der Waals surface area contributed by atoms with Gasteiger partial charge < -0.3 is 14.1 Å². The van der Waals surface area contributed by atoms with Gasteiger partial charge in [0.15, 0.2) is 0 Å². The van der Waals surface area contributed by atoms with Gasteiger partial charge in [-0.2, -0.15) is 0 Å². The summed E-state index contributed by atoms with van der Waals surface area (Å²) in [4.78, 5) is 42.5. The Morgan fingerprint density at radius 1 is 1.00 bits per heavy atom. The van der Waals surface area contributed by atoms with Gasteiger partial charge >= 0.3 is 5.97 Å². The minimum Gasteiger partial charge on any atom is -0.381 e. The summed E-state index contributed by atoms with van der Waals surface area (Å²) in [6.07, 6.45) is 5.16. The molecule has 2 amide bonds. The van der Waals surface area contributed by atoms with Gasteiger partial charge in [0, 0.05) is 25.6 Å². The summed E-state index contributed by atoms with van der Waals surface area (Å²) in [7, 11) is 0. The fourth-order valence-corrected chi connectivity index (χ4v) is 3.58. The normalized spacial score (nSPS) is 18.7. The number of fused-ring (bicyclic) bond motifs is 1. The Morgan fingerprint density at radius 2 is 1.58 bits per heavy atom. The zero-order chi connectivity index (χ0) is 18.1. The van der Waals surface area contributed by atoms with Crippen LogP contribution in [0.1, 0.15) is 40.0 Å². The van der Waals surface area contributed by atoms with E-state index in [2.05, 4.69) is 0 Å². The second-order valence-electron chi connectivity index (χ2n) is 6.52. The fraction of sp³-hybridized carbons (Fsp3) is 0.316. The molecule has 2 aliphatic rings. The fourth-order valence-electron chi connectivity index (χ4n) is 3.58. The van der Waals surface area contributed by atoms with Gasteiger partial charge in [0.1, 0.15) is 0 Å². The van der Waals surface area contributed by atoms with Crippen molar-refractivity contribution in [2.24, 2.45) is 0 Å². The lowest BCUT2D eigenvalue weighted by Crippen LogP contribution is -2.43. The number of carbonyl (C=O) groups excluding carboxylic acids is 3. The van der Waals surface area contributed by atoms with E-state index in [0.717, 1.165) is 0 Å². The molecular weight excluding hydrogens is 336 g/mol. The summed E-state index contributed by atoms with van der Waals surface area (Å²) in [6, 6.07) is 10.2. The highest BCUT2D eigenvalue weighted by atomic mass is 16.7. The van der Waals surface area contributed by atoms with E-state index in [9.17, 15) is 14.4 Å². The van der Waals surface area contributed by atoms with Crippen molar-refractivity contribution >= 4 is 17.8 Å². The minimum atomic E-state index is -0.616. The van der Waals surface area contributed by atoms with E-state index >= 15 is 0 Å². The van der Waals surface area contributed by atoms with Crippen LogP contribution < -0.4 is 0 Å². The standard InChI is InChI=1S/C19H18N2O5/c22-16(13-19(7-11-25-12-8-19)20-9-3-4-10-20)26-21-17(23)14-5-1-2-6-15(14)18(21)24/h1-6,9-10H,7-8,11-13H2. The van der Waals surface area contributed by atoms with Crippen LogP contribution in [0.15, 0.2) is 48.8 Å². The molecule has 1 saturated heterocycles. The van der Waals surface area contributed by atoms with E-state index < -0.39 is 23.3 Å². The summed E-state index contributed by atoms with van der Waals surface area (Å²) in [6.45, 7) is 1.08. The van der Waals surface area contributed by atoms with Crippen molar-refractivity contribution < 1.29 is 24.0 Å². The second-order valence-corrected chi connectivity index (χ2v) is 6.52. The van der Waals surface area contributed by atoms with Crippen molar-refractivity contribution in [2.75, 3.05) is 13.2 Å². The van der Waals surface area contributed by atoms with Gasteiger partial charge in [-0.15, -0.1) is 0 Å². The van der Waals surface area contributed by atoms with Crippen LogP contribution in [0.3, 0.4) is 0 Å². The van der Waals surface area contributed by atoms with Gasteiger partial charge in [-0.1, -0.05) is 17.2 Å². The van der Waals surface area contributed by atoms with Crippen molar-refractivity contribution in [3.05, 3.63) is 59.9 Å². The number of amides is 2. The molecule has 0 bridgehead atoms. The number of nitrogens with zero attached hydrogens (tertiary/aromatic N) is 2. The van der Waals surface area contributed by atoms with Gasteiger partial charge in [0.2, 0.25) is 0 Å². The number of rotatable bonds is 4. The number of imide groups is 1. The van der Waals surface area contributed by atoms with Crippen molar-refractivity contribution in [2.45, 2.75) is 24.8 Å². The van der Waals surface area contributed by atoms with Crippen LogP contribution in [0.2, 0.25) is 0 Å². The molecule has 7 heteroatoms. The van der Waals surface area contributed by atoms with Gasteiger partial charge in [0.25, 0.3) is 11.8 Å². The Bertz CT molecular complexity index is 818. The molecule has 2 aliphatic heterocycles. The summed E-state index contributed by atoms with van der Waals surface area (Å²) in [5.41, 5.74) is 0.0188. The molecule has 0 atom stereocenters. The maximum absolute atomic E-state index is 12.6. The highest BCUT2D eigenvalue weighted by Crippen LogP contribution is 2.34. The lowest BCUT2D eigenvalue weighted by atomic mass is 9.86. The van der Waals surface area contributed by atoms with Crippen LogP contribution in [0.4, 0.5) is 0 Å². The van der Waals surface area contributed by atoms with Crippen molar-refractivity contribution in [3.8, 4) is 0 Å². The monoisotopic (exact) mass is 354 g/mol. The number of carbonyl (C=O) groups is 3. The molecule has 0 spiro atoms. The summed E-state index contributed by atoms with van der Waals surface area (Å²) in [5, 5.41) is 0.565. The van der Waals surface area contributed by atoms with Crippen LogP contribution in [-0.4, -0.2) is 40.6 Å². The van der Waals surface area contributed by atoms with Crippen LogP contribution in [-0.2, 0) is 19.9 Å². The number of aromatic nitrogens is 1. The van der Waals surface area contributed by atoms with Crippen LogP contribution in [0.5, 0.6) is 0 Å². The molecule has 1 aromatic carbocycles. The summed E-state index contributed by atoms with van der Waals surface area (Å²) >= 11 is 0. The Balaban J connectivity index is 1.52. The van der Waals surface area contributed by atoms with Crippen molar-refractivity contribution in [1.29, 1.82) is 0 Å². The van der Waals surface area contributed by atoms with Crippen LogP contribution >= 0.6 is 0 Å². The molecule has 1 fully saturated rings. The first kappa shape index (κ1) is 16.5. The van der Waals surface area contributed by atoms with Gasteiger partial charge in [-0.3, -0.25) is 9.59 Å². The average molecular weight is 354 g/mol. The van der Waals surface area contributed by atoms with Crippen molar-refractivity contribution in [1.82, 2.24) is 9.63 Å². The molecule has 4 rings (SSSR count). The third-order valence-electron chi connectivity index (χ3n) is 5.00. The zero-order valence-electron chi connectivity index (χ0n) is 14.1. The molecule has 26 heavy (non-hydrogen) atoms. The minimum absolute atomic E-state index is 0.0540. The Labute approximate surface area is 150 Å². The lowest BCUT2D eigenvalue weighted by molar-refractivity contribution is -0.172. The van der Waals surface area contributed by atoms with E-state index in [0.29, 0.717) is 31.1 Å². The summed E-state index contributed by atoms with van der Waals surface area (Å²) < 4.78 is 7.42. The molecule has 0 N–H and O–H groups in total. The SMILES string of the molecule is O=C(CC1(n2cccc2)CCOCC1)ON1C(=O)c2ccccc2C1=O. The van der Waals surface area contributed by atoms with E-state index in [4.69, 9.17) is 9.57 Å². The number of ether oxygens (including phenoxy) is 1. The molecule has 1 aromatic heterocycles. The molecule has 0 aliphatic carbocycles. The van der Waals surface area contributed by atoms with Crippen LogP contribution in [0.25, 0.3) is 0 Å². The van der Waals surface area contributed by atoms with Crippen molar-refractivity contribution in [3.63, 3.8) is 0 Å². The van der Waals surface area contributed by atoms with E-state index in [-0.39, 0.29) is 17.5 Å². The predicted molar refractivity (Wildman–Crippen MR) is 90.1 cm³/mol. The molecule has 0 radical (unpaired) electrons. The zero-order valence-corrected chi connectivity index (χ0v) is 14.1. The number of hydroxylamine groups is 2. The molecular formula is C19H18N2O5. The van der Waals surface area contributed by atoms with E-state index in [1.165, 1.54) is 0 Å². The third kappa shape index (κ3) is 2.70. The maximum Gasteiger partial charge on any atom is 0.335 e. The lowest BCUT2D eigenvalue weighted by Gasteiger charge is -2.38. The Kier molecular flexibility index (Phi) is 4.08. The molecule has 0 saturated carbocycles. The molecule has 7 nitrogen and oxygen atoms in total. The van der Waals surface area contributed by atoms with E-state index in [1.807, 2.05) is 29.1 Å². The van der Waals surface area contributed by atoms with Crippen LogP contribution in [0, 0.1) is 0 Å². The molecule has 3 heterocycles.